The van der Waals surface area contributed by atoms with E-state index in [1.54, 1.807) is 7.05 Å². The van der Waals surface area contributed by atoms with Crippen LogP contribution in [-0.4, -0.2) is 23.6 Å². The lowest BCUT2D eigenvalue weighted by atomic mass is 10.1. The van der Waals surface area contributed by atoms with Crippen molar-refractivity contribution < 1.29 is 0 Å². The summed E-state index contributed by atoms with van der Waals surface area (Å²) in [6, 6.07) is 0. The summed E-state index contributed by atoms with van der Waals surface area (Å²) in [6.45, 7) is 5.90. The minimum Gasteiger partial charge on any atom is -0.357 e. The van der Waals surface area contributed by atoms with E-state index < -0.39 is 0 Å². The van der Waals surface area contributed by atoms with Crippen molar-refractivity contribution in [1.29, 1.82) is 0 Å². The second kappa shape index (κ2) is 3.43. The number of hydrazone groups is 1. The first-order chi connectivity index (χ1) is 4.93. The lowest BCUT2D eigenvalue weighted by Gasteiger charge is -2.32. The van der Waals surface area contributed by atoms with Crippen LogP contribution in [0.5, 0.6) is 0 Å². The van der Waals surface area contributed by atoms with Crippen molar-refractivity contribution in [2.24, 2.45) is 16.8 Å². The molecule has 0 rings (SSSR count). The molecule has 0 radical (unpaired) electrons. The number of hydrogen-bond acceptors (Lipinski definition) is 3. The molecule has 0 fully saturated rings. The van der Waals surface area contributed by atoms with Crippen LogP contribution in [0, 0.1) is 0 Å². The van der Waals surface area contributed by atoms with E-state index in [1.807, 2.05) is 20.8 Å². The summed E-state index contributed by atoms with van der Waals surface area (Å²) in [5.74, 6) is 11.2. The van der Waals surface area contributed by atoms with Gasteiger partial charge in [0.25, 0.3) is 0 Å². The molecule has 0 aromatic carbocycles. The number of nitrogens with two attached hydrogens (primary N) is 2. The zero-order valence-electron chi connectivity index (χ0n) is 7.55. The van der Waals surface area contributed by atoms with Crippen LogP contribution >= 0.6 is 0 Å². The summed E-state index contributed by atoms with van der Waals surface area (Å²) in [5, 5.41) is 7.74. The number of hydrogen-bond donors (Lipinski definition) is 3. The third-order valence-electron chi connectivity index (χ3n) is 1.30. The van der Waals surface area contributed by atoms with E-state index in [0.717, 1.165) is 0 Å². The molecule has 0 aromatic rings. The molecule has 66 valence electrons. The van der Waals surface area contributed by atoms with Gasteiger partial charge in [-0.15, -0.1) is 5.10 Å². The van der Waals surface area contributed by atoms with Gasteiger partial charge in [-0.2, -0.15) is 0 Å². The van der Waals surface area contributed by atoms with Crippen molar-refractivity contribution in [2.45, 2.75) is 26.3 Å². The molecular weight excluding hydrogens is 142 g/mol. The smallest absolute Gasteiger partial charge is 0.230 e. The van der Waals surface area contributed by atoms with Gasteiger partial charge in [-0.05, 0) is 20.8 Å². The van der Waals surface area contributed by atoms with E-state index in [9.17, 15) is 0 Å². The normalized spacial score (nSPS) is 13.0. The molecule has 0 amide bonds. The van der Waals surface area contributed by atoms with E-state index in [4.69, 9.17) is 11.7 Å². The Kier molecular flexibility index (Phi) is 3.13. The number of nitrogens with one attached hydrogen (secondary N) is 1. The van der Waals surface area contributed by atoms with Crippen molar-refractivity contribution in [1.82, 2.24) is 10.3 Å². The van der Waals surface area contributed by atoms with E-state index in [-0.39, 0.29) is 5.54 Å². The molecule has 5 nitrogen and oxygen atoms in total. The summed E-state index contributed by atoms with van der Waals surface area (Å²) in [6.07, 6.45) is 0. The van der Waals surface area contributed by atoms with Gasteiger partial charge in [0.15, 0.2) is 0 Å². The van der Waals surface area contributed by atoms with Crippen LogP contribution in [0.1, 0.15) is 20.8 Å². The summed E-state index contributed by atoms with van der Waals surface area (Å²) < 4.78 is 0. The van der Waals surface area contributed by atoms with Gasteiger partial charge in [0.1, 0.15) is 0 Å². The zero-order valence-corrected chi connectivity index (χ0v) is 7.55. The van der Waals surface area contributed by atoms with Crippen molar-refractivity contribution >= 4 is 5.96 Å². The summed E-state index contributed by atoms with van der Waals surface area (Å²) in [4.78, 5) is 0. The predicted molar refractivity (Wildman–Crippen MR) is 46.5 cm³/mol. The van der Waals surface area contributed by atoms with Gasteiger partial charge >= 0.3 is 0 Å². The fourth-order valence-corrected chi connectivity index (χ4v) is 0.565. The van der Waals surface area contributed by atoms with Gasteiger partial charge in [-0.1, -0.05) is 0 Å². The highest BCUT2D eigenvalue weighted by Crippen LogP contribution is 2.07. The second-order valence-corrected chi connectivity index (χ2v) is 3.24. The van der Waals surface area contributed by atoms with E-state index in [2.05, 4.69) is 10.4 Å². The van der Waals surface area contributed by atoms with Gasteiger partial charge < -0.3 is 11.2 Å². The highest BCUT2D eigenvalue weighted by Gasteiger charge is 2.20. The molecule has 0 bridgehead atoms. The van der Waals surface area contributed by atoms with Gasteiger partial charge in [-0.25, -0.2) is 5.84 Å². The minimum atomic E-state index is -0.179. The highest BCUT2D eigenvalue weighted by atomic mass is 15.5. The molecular formula is C6H17N5. The Bertz CT molecular complexity index is 146. The first-order valence-corrected chi connectivity index (χ1v) is 3.44. The zero-order chi connectivity index (χ0) is 9.07. The van der Waals surface area contributed by atoms with Crippen molar-refractivity contribution in [3.8, 4) is 0 Å². The Morgan fingerprint density at radius 3 is 2.00 bits per heavy atom. The monoisotopic (exact) mass is 159 g/mol. The average molecular weight is 159 g/mol. The standard InChI is InChI=1S/C6H17N5/c1-6(2,3)11(8)5(9-4)10-7/h7-8H2,1-4H3,(H,9,10). The molecule has 0 aliphatic heterocycles. The Morgan fingerprint density at radius 1 is 1.45 bits per heavy atom. The minimum absolute atomic E-state index is 0.179. The summed E-state index contributed by atoms with van der Waals surface area (Å²) in [7, 11) is 1.72. The van der Waals surface area contributed by atoms with Gasteiger partial charge in [0.05, 0.1) is 5.54 Å². The van der Waals surface area contributed by atoms with E-state index in [0.29, 0.717) is 5.96 Å². The molecule has 0 heterocycles. The fraction of sp³-hybridized carbons (Fsp3) is 0.833. The van der Waals surface area contributed by atoms with Crippen LogP contribution in [0.25, 0.3) is 0 Å². The maximum Gasteiger partial charge on any atom is 0.230 e. The number of hydrazine groups is 1. The predicted octanol–water partition coefficient (Wildman–Crippen LogP) is -0.590. The molecule has 0 atom stereocenters. The number of nitrogens with zero attached hydrogens (tertiary/aromatic N) is 2. The SMILES string of the molecule is CN/C(=N/N)N(N)C(C)(C)C. The summed E-state index contributed by atoms with van der Waals surface area (Å²) in [5.41, 5.74) is -0.179. The van der Waals surface area contributed by atoms with E-state index in [1.165, 1.54) is 5.01 Å². The summed E-state index contributed by atoms with van der Waals surface area (Å²) >= 11 is 0. The van der Waals surface area contributed by atoms with Gasteiger partial charge in [0.2, 0.25) is 5.96 Å². The van der Waals surface area contributed by atoms with Crippen LogP contribution in [-0.2, 0) is 0 Å². The fourth-order valence-electron chi connectivity index (χ4n) is 0.565. The average Bonchev–Trinajstić information content (AvgIpc) is 1.88. The Morgan fingerprint density at radius 2 is 1.91 bits per heavy atom. The molecule has 5 N–H and O–H groups in total. The van der Waals surface area contributed by atoms with Crippen molar-refractivity contribution in [2.75, 3.05) is 7.05 Å². The largest absolute Gasteiger partial charge is 0.357 e. The molecule has 0 aromatic heterocycles. The van der Waals surface area contributed by atoms with Crippen molar-refractivity contribution in [3.05, 3.63) is 0 Å². The Balaban J connectivity index is 4.34. The highest BCUT2D eigenvalue weighted by molar-refractivity contribution is 5.79. The molecule has 11 heavy (non-hydrogen) atoms. The van der Waals surface area contributed by atoms with Crippen LogP contribution in [0.15, 0.2) is 5.10 Å². The Labute approximate surface area is 67.4 Å². The molecule has 0 saturated heterocycles. The van der Waals surface area contributed by atoms with Crippen molar-refractivity contribution in [3.63, 3.8) is 0 Å². The van der Waals surface area contributed by atoms with Gasteiger partial charge in [-0.3, -0.25) is 5.01 Å². The molecule has 0 aliphatic carbocycles. The van der Waals surface area contributed by atoms with Gasteiger partial charge in [0, 0.05) is 7.05 Å². The van der Waals surface area contributed by atoms with Crippen LogP contribution in [0.3, 0.4) is 0 Å². The quantitative estimate of drug-likeness (QED) is 0.191. The first-order valence-electron chi connectivity index (χ1n) is 3.44. The number of guanidine groups is 1. The molecule has 0 unspecified atom stereocenters. The second-order valence-electron chi connectivity index (χ2n) is 3.24. The number of rotatable bonds is 0. The lowest BCUT2D eigenvalue weighted by molar-refractivity contribution is 0.235. The maximum absolute atomic E-state index is 5.68. The Hall–Kier alpha value is -0.970. The van der Waals surface area contributed by atoms with Crippen LogP contribution in [0.4, 0.5) is 0 Å². The third kappa shape index (κ3) is 2.63. The maximum atomic E-state index is 5.68. The van der Waals surface area contributed by atoms with Crippen LogP contribution < -0.4 is 17.0 Å². The molecule has 5 heteroatoms. The topological polar surface area (TPSA) is 79.7 Å². The first kappa shape index (κ1) is 10.0. The lowest BCUT2D eigenvalue weighted by Crippen LogP contribution is -2.55. The molecule has 0 saturated carbocycles. The van der Waals surface area contributed by atoms with Crippen LogP contribution in [0.2, 0.25) is 0 Å². The van der Waals surface area contributed by atoms with E-state index >= 15 is 0 Å². The molecule has 0 aliphatic rings. The molecule has 0 spiro atoms. The third-order valence-corrected chi connectivity index (χ3v) is 1.30.